The van der Waals surface area contributed by atoms with Crippen LogP contribution < -0.4 is 5.32 Å². The molecule has 0 rings (SSSR count). The third-order valence-corrected chi connectivity index (χ3v) is 16.7. The van der Waals surface area contributed by atoms with Crippen molar-refractivity contribution in [3.63, 3.8) is 0 Å². The zero-order chi connectivity index (χ0) is 54.9. The first-order valence-corrected chi connectivity index (χ1v) is 35.0. The van der Waals surface area contributed by atoms with Gasteiger partial charge in [-0.3, -0.25) is 13.8 Å². The van der Waals surface area contributed by atoms with E-state index in [4.69, 9.17) is 9.05 Å². The van der Waals surface area contributed by atoms with E-state index in [2.05, 4.69) is 31.3 Å². The Hall–Kier alpha value is -0.760. The van der Waals surface area contributed by atoms with Crippen molar-refractivity contribution in [3.05, 3.63) is 12.2 Å². The molecule has 448 valence electrons. The predicted molar refractivity (Wildman–Crippen MR) is 328 cm³/mol. The van der Waals surface area contributed by atoms with E-state index in [-0.39, 0.29) is 19.1 Å². The van der Waals surface area contributed by atoms with Crippen molar-refractivity contribution < 1.29 is 32.9 Å². The fourth-order valence-corrected chi connectivity index (χ4v) is 11.3. The number of allylic oxidation sites excluding steroid dienone is 2. The molecule has 3 unspecified atom stereocenters. The summed E-state index contributed by atoms with van der Waals surface area (Å²) in [6.45, 7) is 4.95. The van der Waals surface area contributed by atoms with Crippen LogP contribution in [0.2, 0.25) is 0 Å². The van der Waals surface area contributed by atoms with Gasteiger partial charge in [0.2, 0.25) is 5.91 Å². The summed E-state index contributed by atoms with van der Waals surface area (Å²) in [4.78, 5) is 23.4. The van der Waals surface area contributed by atoms with Gasteiger partial charge in [-0.25, -0.2) is 4.57 Å². The molecule has 8 nitrogen and oxygen atoms in total. The zero-order valence-electron chi connectivity index (χ0n) is 51.3. The van der Waals surface area contributed by atoms with Gasteiger partial charge in [0.05, 0.1) is 39.9 Å². The number of likely N-dealkylation sites (N-methyl/N-ethyl adjacent to an activating group) is 1. The molecule has 0 aliphatic carbocycles. The number of aliphatic hydroxyl groups excluding tert-OH is 1. The molecule has 0 aliphatic rings. The van der Waals surface area contributed by atoms with Crippen LogP contribution in [0.15, 0.2) is 12.2 Å². The fourth-order valence-electron chi connectivity index (χ4n) is 10.5. The molecule has 0 saturated heterocycles. The van der Waals surface area contributed by atoms with Crippen LogP contribution in [0, 0.1) is 0 Å². The van der Waals surface area contributed by atoms with Crippen LogP contribution in [-0.2, 0) is 18.4 Å². The maximum absolute atomic E-state index is 13.0. The Morgan fingerprint density at radius 3 is 1.03 bits per heavy atom. The molecule has 0 fully saturated rings. The van der Waals surface area contributed by atoms with Crippen LogP contribution in [0.25, 0.3) is 0 Å². The van der Waals surface area contributed by atoms with E-state index in [0.717, 1.165) is 38.5 Å². The lowest BCUT2D eigenvalue weighted by Crippen LogP contribution is -2.46. The number of nitrogens with one attached hydrogen (secondary N) is 1. The van der Waals surface area contributed by atoms with Gasteiger partial charge in [0.1, 0.15) is 13.2 Å². The molecular formula is C66H134N2O6P+. The number of unbranched alkanes of at least 4 members (excludes halogenated alkanes) is 48. The highest BCUT2D eigenvalue weighted by Crippen LogP contribution is 2.43. The molecule has 0 aromatic heterocycles. The second-order valence-corrected chi connectivity index (χ2v) is 26.0. The molecule has 3 N–H and O–H groups in total. The standard InChI is InChI=1S/C66H133N2O6P/c1-6-8-10-12-14-16-18-20-22-24-26-28-30-31-32-33-34-35-36-38-39-41-43-45-47-49-51-53-55-57-59-65(69)64(63-74-75(71,72)73-62-61-68(3,4)5)67-66(70)60-58-56-54-52-50-48-46-44-42-40-37-29-27-25-23-21-19-17-15-13-11-9-7-2/h25,27,64-65,69H,6-24,26,28-63H2,1-5H3,(H-,67,70,71,72)/p+1/b27-25-. The topological polar surface area (TPSA) is 105 Å². The Balaban J connectivity index is 4.02. The second kappa shape index (κ2) is 57.9. The maximum Gasteiger partial charge on any atom is 0.472 e. The van der Waals surface area contributed by atoms with E-state index in [0.29, 0.717) is 23.9 Å². The second-order valence-electron chi connectivity index (χ2n) is 24.6. The number of quaternary nitrogens is 1. The van der Waals surface area contributed by atoms with Gasteiger partial charge in [0.25, 0.3) is 0 Å². The highest BCUT2D eigenvalue weighted by atomic mass is 31.2. The third-order valence-electron chi connectivity index (χ3n) is 15.8. The van der Waals surface area contributed by atoms with Crippen molar-refractivity contribution in [3.8, 4) is 0 Å². The summed E-state index contributed by atoms with van der Waals surface area (Å²) in [6, 6.07) is -0.760. The predicted octanol–water partition coefficient (Wildman–Crippen LogP) is 20.9. The summed E-state index contributed by atoms with van der Waals surface area (Å²) in [5.74, 6) is -0.138. The van der Waals surface area contributed by atoms with E-state index in [9.17, 15) is 19.4 Å². The Labute approximate surface area is 469 Å². The molecule has 9 heteroatoms. The minimum absolute atomic E-state index is 0.0774. The number of amides is 1. The lowest BCUT2D eigenvalue weighted by atomic mass is 10.0. The van der Waals surface area contributed by atoms with Crippen molar-refractivity contribution in [2.24, 2.45) is 0 Å². The number of nitrogens with zero attached hydrogens (tertiary/aromatic N) is 1. The summed E-state index contributed by atoms with van der Waals surface area (Å²) in [6.07, 6.45) is 73.0. The third kappa shape index (κ3) is 60.7. The lowest BCUT2D eigenvalue weighted by Gasteiger charge is -2.26. The average molecular weight is 1080 g/mol. The molecule has 0 radical (unpaired) electrons. The van der Waals surface area contributed by atoms with E-state index in [1.165, 1.54) is 289 Å². The van der Waals surface area contributed by atoms with Gasteiger partial charge in [0.15, 0.2) is 0 Å². The van der Waals surface area contributed by atoms with Crippen LogP contribution in [0.5, 0.6) is 0 Å². The number of carbonyl (C=O) groups excluding carboxylic acids is 1. The first-order valence-electron chi connectivity index (χ1n) is 33.6. The van der Waals surface area contributed by atoms with Crippen molar-refractivity contribution in [2.45, 2.75) is 366 Å². The van der Waals surface area contributed by atoms with Crippen molar-refractivity contribution in [2.75, 3.05) is 40.9 Å². The molecular weight excluding hydrogens is 948 g/mol. The van der Waals surface area contributed by atoms with E-state index in [1.807, 2.05) is 21.1 Å². The number of phosphoric acid groups is 1. The largest absolute Gasteiger partial charge is 0.472 e. The van der Waals surface area contributed by atoms with Gasteiger partial charge in [0, 0.05) is 6.42 Å². The normalized spacial score (nSPS) is 13.7. The first-order chi connectivity index (χ1) is 36.5. The molecule has 0 spiro atoms. The Kier molecular flexibility index (Phi) is 57.3. The maximum atomic E-state index is 13.0. The monoisotopic (exact) mass is 1080 g/mol. The summed E-state index contributed by atoms with van der Waals surface area (Å²) < 4.78 is 23.9. The minimum Gasteiger partial charge on any atom is -0.391 e. The summed E-state index contributed by atoms with van der Waals surface area (Å²) in [5, 5.41) is 14.1. The van der Waals surface area contributed by atoms with Crippen LogP contribution >= 0.6 is 7.82 Å². The SMILES string of the molecule is CCCCCCCCCC/C=C\CCCCCCCCCCCCCC(=O)NC(COP(=O)(O)OCC[N+](C)(C)C)C(O)CCCCCCCCCCCCCCCCCCCCCCCCCCCCCCCC. The molecule has 0 saturated carbocycles. The molecule has 75 heavy (non-hydrogen) atoms. The van der Waals surface area contributed by atoms with Gasteiger partial charge >= 0.3 is 7.82 Å². The number of aliphatic hydroxyl groups is 1. The lowest BCUT2D eigenvalue weighted by molar-refractivity contribution is -0.870. The Morgan fingerprint density at radius 1 is 0.440 bits per heavy atom. The van der Waals surface area contributed by atoms with Crippen molar-refractivity contribution in [1.29, 1.82) is 0 Å². The molecule has 0 heterocycles. The minimum atomic E-state index is -4.33. The molecule has 0 bridgehead atoms. The van der Waals surface area contributed by atoms with Crippen LogP contribution in [0.3, 0.4) is 0 Å². The zero-order valence-corrected chi connectivity index (χ0v) is 52.2. The fraction of sp³-hybridized carbons (Fsp3) is 0.955. The number of hydrogen-bond acceptors (Lipinski definition) is 5. The molecule has 0 aromatic carbocycles. The number of carbonyl (C=O) groups is 1. The number of hydrogen-bond donors (Lipinski definition) is 3. The van der Waals surface area contributed by atoms with Gasteiger partial charge < -0.3 is 19.8 Å². The molecule has 0 aromatic rings. The molecule has 0 aliphatic heterocycles. The van der Waals surface area contributed by atoms with Crippen molar-refractivity contribution >= 4 is 13.7 Å². The number of rotatable bonds is 63. The van der Waals surface area contributed by atoms with Crippen molar-refractivity contribution in [1.82, 2.24) is 5.32 Å². The summed E-state index contributed by atoms with van der Waals surface area (Å²) in [5.41, 5.74) is 0. The summed E-state index contributed by atoms with van der Waals surface area (Å²) >= 11 is 0. The first kappa shape index (κ1) is 74.2. The Bertz CT molecular complexity index is 1230. The van der Waals surface area contributed by atoms with Crippen LogP contribution in [-0.4, -0.2) is 73.4 Å². The average Bonchev–Trinajstić information content (AvgIpc) is 3.37. The highest BCUT2D eigenvalue weighted by molar-refractivity contribution is 7.47. The van der Waals surface area contributed by atoms with Gasteiger partial charge in [-0.2, -0.15) is 0 Å². The van der Waals surface area contributed by atoms with Crippen LogP contribution in [0.4, 0.5) is 0 Å². The van der Waals surface area contributed by atoms with Gasteiger partial charge in [-0.15, -0.1) is 0 Å². The van der Waals surface area contributed by atoms with Crippen LogP contribution in [0.1, 0.15) is 354 Å². The summed E-state index contributed by atoms with van der Waals surface area (Å²) in [7, 11) is 1.63. The smallest absolute Gasteiger partial charge is 0.391 e. The molecule has 1 amide bonds. The quantitative estimate of drug-likeness (QED) is 0.0243. The van der Waals surface area contributed by atoms with Gasteiger partial charge in [-0.1, -0.05) is 321 Å². The molecule has 3 atom stereocenters. The van der Waals surface area contributed by atoms with Gasteiger partial charge in [-0.05, 0) is 38.5 Å². The number of phosphoric ester groups is 1. The van der Waals surface area contributed by atoms with E-state index in [1.54, 1.807) is 0 Å². The highest BCUT2D eigenvalue weighted by Gasteiger charge is 2.28. The van der Waals surface area contributed by atoms with E-state index < -0.39 is 20.0 Å². The Morgan fingerprint density at radius 2 is 0.720 bits per heavy atom. The van der Waals surface area contributed by atoms with E-state index >= 15 is 0 Å².